The Hall–Kier alpha value is -2.20. The van der Waals surface area contributed by atoms with Crippen LogP contribution in [0.25, 0.3) is 22.3 Å². The minimum Gasteiger partial charge on any atom is -0.339 e. The van der Waals surface area contributed by atoms with Gasteiger partial charge in [-0.05, 0) is 76.5 Å². The highest BCUT2D eigenvalue weighted by atomic mass is 14.9. The van der Waals surface area contributed by atoms with Crippen LogP contribution in [0.15, 0.2) is 24.3 Å². The van der Waals surface area contributed by atoms with Crippen LogP contribution in [0.5, 0.6) is 0 Å². The number of aryl methyl sites for hydroxylation is 3. The third-order valence-electron chi connectivity index (χ3n) is 5.07. The van der Waals surface area contributed by atoms with Gasteiger partial charge in [0, 0.05) is 33.9 Å². The number of hydrogen-bond donors (Lipinski definition) is 2. The van der Waals surface area contributed by atoms with E-state index in [4.69, 9.17) is 4.98 Å². The summed E-state index contributed by atoms with van der Waals surface area (Å²) in [7, 11) is 0. The average molecular weight is 320 g/mol. The molecule has 4 heterocycles. The summed E-state index contributed by atoms with van der Waals surface area (Å²) in [6.07, 6.45) is 2.35. The molecule has 1 fully saturated rings. The van der Waals surface area contributed by atoms with Crippen molar-refractivity contribution in [3.63, 3.8) is 0 Å². The zero-order valence-corrected chi connectivity index (χ0v) is 14.6. The van der Waals surface area contributed by atoms with Crippen LogP contribution in [-0.2, 0) is 0 Å². The average Bonchev–Trinajstić information content (AvgIpc) is 2.91. The number of rotatable bonds is 2. The predicted molar refractivity (Wildman–Crippen MR) is 98.4 cm³/mol. The highest BCUT2D eigenvalue weighted by Gasteiger charge is 2.18. The van der Waals surface area contributed by atoms with Crippen LogP contribution in [0.2, 0.25) is 0 Å². The van der Waals surface area contributed by atoms with E-state index in [0.29, 0.717) is 5.92 Å². The van der Waals surface area contributed by atoms with Gasteiger partial charge in [-0.25, -0.2) is 4.98 Å². The fourth-order valence-corrected chi connectivity index (χ4v) is 3.83. The van der Waals surface area contributed by atoms with Gasteiger partial charge in [0.15, 0.2) is 0 Å². The summed E-state index contributed by atoms with van der Waals surface area (Å²) >= 11 is 0. The van der Waals surface area contributed by atoms with E-state index >= 15 is 0 Å². The quantitative estimate of drug-likeness (QED) is 0.750. The molecular weight excluding hydrogens is 296 g/mol. The van der Waals surface area contributed by atoms with Crippen molar-refractivity contribution in [2.24, 2.45) is 0 Å². The molecule has 1 aliphatic heterocycles. The molecule has 2 N–H and O–H groups in total. The molecule has 3 aromatic heterocycles. The van der Waals surface area contributed by atoms with Crippen molar-refractivity contribution < 1.29 is 0 Å². The lowest BCUT2D eigenvalue weighted by Gasteiger charge is -2.21. The molecule has 0 saturated carbocycles. The smallest absolute Gasteiger partial charge is 0.138 e. The van der Waals surface area contributed by atoms with E-state index in [1.807, 2.05) is 13.8 Å². The number of hydrogen-bond acceptors (Lipinski definition) is 3. The Balaban J connectivity index is 1.79. The maximum Gasteiger partial charge on any atom is 0.138 e. The first-order chi connectivity index (χ1) is 11.6. The summed E-state index contributed by atoms with van der Waals surface area (Å²) in [5, 5.41) is 4.64. The van der Waals surface area contributed by atoms with Crippen LogP contribution in [0.4, 0.5) is 0 Å². The predicted octanol–water partition coefficient (Wildman–Crippen LogP) is 4.02. The third-order valence-corrected chi connectivity index (χ3v) is 5.07. The van der Waals surface area contributed by atoms with Crippen LogP contribution in [0.1, 0.15) is 41.4 Å². The molecule has 0 radical (unpaired) electrons. The molecule has 124 valence electrons. The van der Waals surface area contributed by atoms with Gasteiger partial charge in [0.05, 0.1) is 5.69 Å². The van der Waals surface area contributed by atoms with Crippen molar-refractivity contribution in [3.05, 3.63) is 46.9 Å². The number of fused-ring (bicyclic) bond motifs is 1. The second kappa shape index (κ2) is 6.02. The lowest BCUT2D eigenvalue weighted by atomic mass is 9.94. The van der Waals surface area contributed by atoms with Crippen LogP contribution in [0, 0.1) is 20.8 Å². The topological polar surface area (TPSA) is 53.6 Å². The Labute approximate surface area is 142 Å². The van der Waals surface area contributed by atoms with Crippen LogP contribution in [0.3, 0.4) is 0 Å². The summed E-state index contributed by atoms with van der Waals surface area (Å²) in [6.45, 7) is 8.44. The Morgan fingerprint density at radius 3 is 2.38 bits per heavy atom. The van der Waals surface area contributed by atoms with Gasteiger partial charge in [0.25, 0.3) is 0 Å². The molecule has 1 aliphatic rings. The van der Waals surface area contributed by atoms with Crippen molar-refractivity contribution in [2.75, 3.05) is 13.1 Å². The molecule has 0 atom stereocenters. The number of nitrogens with one attached hydrogen (secondary N) is 2. The molecule has 0 amide bonds. The van der Waals surface area contributed by atoms with Gasteiger partial charge < -0.3 is 10.3 Å². The molecular formula is C20H24N4. The van der Waals surface area contributed by atoms with Crippen molar-refractivity contribution in [3.8, 4) is 11.3 Å². The number of aromatic nitrogens is 3. The maximum atomic E-state index is 4.95. The zero-order chi connectivity index (χ0) is 16.7. The van der Waals surface area contributed by atoms with E-state index in [-0.39, 0.29) is 0 Å². The molecule has 4 heteroatoms. The van der Waals surface area contributed by atoms with E-state index < -0.39 is 0 Å². The summed E-state index contributed by atoms with van der Waals surface area (Å²) in [5.74, 6) is 0.577. The van der Waals surface area contributed by atoms with Gasteiger partial charge in [0.1, 0.15) is 5.65 Å². The molecule has 0 aliphatic carbocycles. The van der Waals surface area contributed by atoms with E-state index in [1.54, 1.807) is 0 Å². The van der Waals surface area contributed by atoms with Crippen molar-refractivity contribution in [1.82, 2.24) is 20.3 Å². The van der Waals surface area contributed by atoms with Crippen molar-refractivity contribution in [2.45, 2.75) is 39.5 Å². The lowest BCUT2D eigenvalue weighted by molar-refractivity contribution is 0.454. The second-order valence-electron chi connectivity index (χ2n) is 6.92. The van der Waals surface area contributed by atoms with Gasteiger partial charge >= 0.3 is 0 Å². The van der Waals surface area contributed by atoms with Gasteiger partial charge in [-0.1, -0.05) is 0 Å². The fraction of sp³-hybridized carbons (Fsp3) is 0.400. The number of nitrogens with zero attached hydrogens (tertiary/aromatic N) is 2. The lowest BCUT2D eigenvalue weighted by Crippen LogP contribution is -2.27. The van der Waals surface area contributed by atoms with Crippen LogP contribution in [-0.4, -0.2) is 28.0 Å². The standard InChI is InChI=1S/C20H24N4/c1-12-10-16(11-13(2)22-12)19-14(3)17-4-5-18(23-20(17)24-19)15-6-8-21-9-7-15/h4-5,10-11,15,21H,6-9H2,1-3H3,(H,23,24). The third kappa shape index (κ3) is 2.71. The maximum absolute atomic E-state index is 4.95. The summed E-state index contributed by atoms with van der Waals surface area (Å²) in [4.78, 5) is 13.0. The fourth-order valence-electron chi connectivity index (χ4n) is 3.83. The first-order valence-electron chi connectivity index (χ1n) is 8.77. The molecule has 4 nitrogen and oxygen atoms in total. The van der Waals surface area contributed by atoms with Crippen molar-refractivity contribution >= 4 is 11.0 Å². The van der Waals surface area contributed by atoms with E-state index in [2.05, 4.69) is 46.5 Å². The Kier molecular flexibility index (Phi) is 3.85. The zero-order valence-electron chi connectivity index (χ0n) is 14.6. The minimum absolute atomic E-state index is 0.577. The van der Waals surface area contributed by atoms with Gasteiger partial charge in [-0.15, -0.1) is 0 Å². The van der Waals surface area contributed by atoms with Crippen LogP contribution >= 0.6 is 0 Å². The monoisotopic (exact) mass is 320 g/mol. The molecule has 24 heavy (non-hydrogen) atoms. The first kappa shape index (κ1) is 15.3. The normalized spacial score (nSPS) is 16.0. The molecule has 1 saturated heterocycles. The first-order valence-corrected chi connectivity index (χ1v) is 8.77. The molecule has 3 aromatic rings. The summed E-state index contributed by atoms with van der Waals surface area (Å²) in [5.41, 5.74) is 7.94. The Morgan fingerprint density at radius 2 is 1.67 bits per heavy atom. The highest BCUT2D eigenvalue weighted by Crippen LogP contribution is 2.31. The van der Waals surface area contributed by atoms with Gasteiger partial charge in [-0.2, -0.15) is 0 Å². The summed E-state index contributed by atoms with van der Waals surface area (Å²) < 4.78 is 0. The number of piperidine rings is 1. The summed E-state index contributed by atoms with van der Waals surface area (Å²) in [6, 6.07) is 8.72. The molecule has 0 bridgehead atoms. The molecule has 4 rings (SSSR count). The van der Waals surface area contributed by atoms with E-state index in [9.17, 15) is 0 Å². The molecule has 0 spiro atoms. The van der Waals surface area contributed by atoms with Gasteiger partial charge in [-0.3, -0.25) is 4.98 Å². The van der Waals surface area contributed by atoms with Gasteiger partial charge in [0.2, 0.25) is 0 Å². The number of H-pyrrole nitrogens is 1. The molecule has 0 aromatic carbocycles. The Morgan fingerprint density at radius 1 is 0.958 bits per heavy atom. The Bertz CT molecular complexity index is 868. The van der Waals surface area contributed by atoms with E-state index in [1.165, 1.54) is 35.0 Å². The highest BCUT2D eigenvalue weighted by molar-refractivity contribution is 5.88. The van der Waals surface area contributed by atoms with Crippen molar-refractivity contribution in [1.29, 1.82) is 0 Å². The van der Waals surface area contributed by atoms with Crippen LogP contribution < -0.4 is 5.32 Å². The second-order valence-corrected chi connectivity index (χ2v) is 6.92. The van der Waals surface area contributed by atoms with E-state index in [0.717, 1.165) is 35.8 Å². The number of aromatic amines is 1. The number of pyridine rings is 2. The minimum atomic E-state index is 0.577. The SMILES string of the molecule is Cc1cc(-c2[nH]c3nc(C4CCNCC4)ccc3c2C)cc(C)n1. The molecule has 0 unspecified atom stereocenters. The largest absolute Gasteiger partial charge is 0.339 e.